The predicted octanol–water partition coefficient (Wildman–Crippen LogP) is 2.96. The van der Waals surface area contributed by atoms with E-state index in [1.54, 1.807) is 12.5 Å². The number of carbonyl (C=O) groups excluding carboxylic acids is 1. The number of carbonyl (C=O) groups is 1. The lowest BCUT2D eigenvalue weighted by Crippen LogP contribution is -2.38. The van der Waals surface area contributed by atoms with Gasteiger partial charge in [-0.25, -0.2) is 4.98 Å². The van der Waals surface area contributed by atoms with E-state index in [9.17, 15) is 4.79 Å². The lowest BCUT2D eigenvalue weighted by molar-refractivity contribution is 0.0714. The number of amides is 1. The number of halogens is 2. The molecule has 1 saturated heterocycles. The van der Waals surface area contributed by atoms with Crippen LogP contribution in [0.3, 0.4) is 0 Å². The van der Waals surface area contributed by atoms with Gasteiger partial charge in [-0.15, -0.1) is 46.3 Å². The van der Waals surface area contributed by atoms with Crippen LogP contribution in [-0.2, 0) is 13.1 Å². The van der Waals surface area contributed by atoms with E-state index in [1.807, 2.05) is 17.0 Å². The number of aromatic nitrogens is 4. The van der Waals surface area contributed by atoms with E-state index in [0.717, 1.165) is 62.2 Å². The van der Waals surface area contributed by atoms with Crippen LogP contribution in [0.1, 0.15) is 40.1 Å². The third-order valence-electron chi connectivity index (χ3n) is 5.25. The Morgan fingerprint density at radius 1 is 1.21 bits per heavy atom. The van der Waals surface area contributed by atoms with Crippen LogP contribution < -0.4 is 5.32 Å². The number of nitrogens with zero attached hydrogens (tertiary/aromatic N) is 5. The molecular formula is C18H22Cl2N6O2S. The Kier molecular flexibility index (Phi) is 6.94. The molecule has 156 valence electrons. The molecule has 2 aliphatic heterocycles. The standard InChI is InChI=1S/C18H20N6O2S.2ClH/c25-18(14-10-20-17(27-14)13-2-1-9-26-13)23-6-3-12(4-7-23)16-22-21-15-11-19-5-8-24(15)16;;/h1-2,9-10,12,19H,3-8,11H2;2*1H. The molecule has 0 unspecified atom stereocenters. The van der Waals surface area contributed by atoms with Gasteiger partial charge in [0.25, 0.3) is 5.91 Å². The van der Waals surface area contributed by atoms with Crippen molar-refractivity contribution in [3.8, 4) is 10.8 Å². The number of rotatable bonds is 3. The van der Waals surface area contributed by atoms with Gasteiger partial charge in [0.15, 0.2) is 10.8 Å². The highest BCUT2D eigenvalue weighted by molar-refractivity contribution is 7.16. The molecule has 0 radical (unpaired) electrons. The first kappa shape index (κ1) is 21.8. The largest absolute Gasteiger partial charge is 0.462 e. The molecule has 1 N–H and O–H groups in total. The number of hydrogen-bond acceptors (Lipinski definition) is 7. The van der Waals surface area contributed by atoms with Crippen molar-refractivity contribution in [3.05, 3.63) is 41.1 Å². The molecule has 0 spiro atoms. The van der Waals surface area contributed by atoms with Gasteiger partial charge in [0, 0.05) is 32.1 Å². The van der Waals surface area contributed by atoms with E-state index >= 15 is 0 Å². The molecule has 0 atom stereocenters. The molecule has 0 bridgehead atoms. The Labute approximate surface area is 184 Å². The number of nitrogens with one attached hydrogen (secondary N) is 1. The number of fused-ring (bicyclic) bond motifs is 1. The number of furan rings is 1. The zero-order valence-electron chi connectivity index (χ0n) is 15.6. The zero-order valence-corrected chi connectivity index (χ0v) is 18.1. The summed E-state index contributed by atoms with van der Waals surface area (Å²) in [5, 5.41) is 12.8. The summed E-state index contributed by atoms with van der Waals surface area (Å²) >= 11 is 1.38. The maximum absolute atomic E-state index is 12.8. The average molecular weight is 457 g/mol. The van der Waals surface area contributed by atoms with Gasteiger partial charge in [0.2, 0.25) is 0 Å². The van der Waals surface area contributed by atoms with E-state index in [-0.39, 0.29) is 30.7 Å². The summed E-state index contributed by atoms with van der Waals surface area (Å²) < 4.78 is 7.61. The minimum atomic E-state index is 0. The SMILES string of the molecule is Cl.Cl.O=C(c1cnc(-c2ccco2)s1)N1CCC(c2nnc3n2CCNC3)CC1. The first-order valence-corrected chi connectivity index (χ1v) is 10.0. The Hall–Kier alpha value is -1.94. The average Bonchev–Trinajstić information content (AvgIpc) is 3.47. The van der Waals surface area contributed by atoms with E-state index in [1.165, 1.54) is 11.3 Å². The van der Waals surface area contributed by atoms with Crippen LogP contribution in [-0.4, -0.2) is 50.2 Å². The molecule has 0 aliphatic carbocycles. The molecule has 0 saturated carbocycles. The summed E-state index contributed by atoms with van der Waals surface area (Å²) in [6.07, 6.45) is 5.10. The van der Waals surface area contributed by atoms with Gasteiger partial charge >= 0.3 is 0 Å². The van der Waals surface area contributed by atoms with Crippen molar-refractivity contribution in [2.75, 3.05) is 19.6 Å². The summed E-state index contributed by atoms with van der Waals surface area (Å²) in [5.74, 6) is 3.22. The van der Waals surface area contributed by atoms with Crippen molar-refractivity contribution >= 4 is 42.1 Å². The van der Waals surface area contributed by atoms with Crippen molar-refractivity contribution in [1.29, 1.82) is 0 Å². The second-order valence-corrected chi connectivity index (χ2v) is 7.91. The van der Waals surface area contributed by atoms with Crippen LogP contribution in [0, 0.1) is 0 Å². The Bertz CT molecular complexity index is 950. The Balaban J connectivity index is 0.00000120. The topological polar surface area (TPSA) is 89.1 Å². The molecule has 8 nitrogen and oxygen atoms in total. The van der Waals surface area contributed by atoms with E-state index in [4.69, 9.17) is 4.42 Å². The highest BCUT2D eigenvalue weighted by Gasteiger charge is 2.29. The first-order valence-electron chi connectivity index (χ1n) is 9.21. The van der Waals surface area contributed by atoms with Crippen LogP contribution in [0.25, 0.3) is 10.8 Å². The second kappa shape index (κ2) is 9.25. The van der Waals surface area contributed by atoms with Crippen LogP contribution >= 0.6 is 36.2 Å². The monoisotopic (exact) mass is 456 g/mol. The van der Waals surface area contributed by atoms with Crippen LogP contribution in [0.4, 0.5) is 0 Å². The number of piperidine rings is 1. The minimum Gasteiger partial charge on any atom is -0.462 e. The summed E-state index contributed by atoms with van der Waals surface area (Å²) in [7, 11) is 0. The van der Waals surface area contributed by atoms with Crippen LogP contribution in [0.15, 0.2) is 29.0 Å². The summed E-state index contributed by atoms with van der Waals surface area (Å²) in [5.41, 5.74) is 0. The van der Waals surface area contributed by atoms with E-state index in [0.29, 0.717) is 16.6 Å². The van der Waals surface area contributed by atoms with Crippen molar-refractivity contribution < 1.29 is 9.21 Å². The number of likely N-dealkylation sites (tertiary alicyclic amines) is 1. The van der Waals surface area contributed by atoms with Gasteiger partial charge in [-0.05, 0) is 25.0 Å². The third-order valence-corrected chi connectivity index (χ3v) is 6.25. The smallest absolute Gasteiger partial charge is 0.265 e. The third kappa shape index (κ3) is 4.18. The quantitative estimate of drug-likeness (QED) is 0.651. The summed E-state index contributed by atoms with van der Waals surface area (Å²) in [6.45, 7) is 4.13. The number of hydrogen-bond donors (Lipinski definition) is 1. The molecule has 0 aromatic carbocycles. The van der Waals surface area contributed by atoms with Crippen LogP contribution in [0.2, 0.25) is 0 Å². The van der Waals surface area contributed by atoms with Crippen molar-refractivity contribution in [2.45, 2.75) is 31.8 Å². The van der Waals surface area contributed by atoms with Gasteiger partial charge in [-0.3, -0.25) is 4.79 Å². The lowest BCUT2D eigenvalue weighted by Gasteiger charge is -2.31. The van der Waals surface area contributed by atoms with Gasteiger partial charge < -0.3 is 19.2 Å². The minimum absolute atomic E-state index is 0. The fourth-order valence-electron chi connectivity index (χ4n) is 3.80. The highest BCUT2D eigenvalue weighted by Crippen LogP contribution is 2.30. The summed E-state index contributed by atoms with van der Waals surface area (Å²) in [6, 6.07) is 3.68. The lowest BCUT2D eigenvalue weighted by atomic mass is 9.95. The molecule has 3 aromatic rings. The number of thiazole rings is 1. The van der Waals surface area contributed by atoms with Gasteiger partial charge in [-0.2, -0.15) is 0 Å². The molecule has 2 aliphatic rings. The fraction of sp³-hybridized carbons (Fsp3) is 0.444. The van der Waals surface area contributed by atoms with Crippen molar-refractivity contribution in [2.24, 2.45) is 0 Å². The van der Waals surface area contributed by atoms with Crippen LogP contribution in [0.5, 0.6) is 0 Å². The van der Waals surface area contributed by atoms with Gasteiger partial charge in [0.1, 0.15) is 16.5 Å². The molecule has 3 aromatic heterocycles. The van der Waals surface area contributed by atoms with Crippen molar-refractivity contribution in [1.82, 2.24) is 30.0 Å². The second-order valence-electron chi connectivity index (χ2n) is 6.88. The maximum atomic E-state index is 12.8. The molecule has 1 fully saturated rings. The highest BCUT2D eigenvalue weighted by atomic mass is 35.5. The normalized spacial score (nSPS) is 16.6. The van der Waals surface area contributed by atoms with Crippen molar-refractivity contribution in [3.63, 3.8) is 0 Å². The van der Waals surface area contributed by atoms with E-state index < -0.39 is 0 Å². The van der Waals surface area contributed by atoms with Gasteiger partial charge in [0.05, 0.1) is 19.0 Å². The predicted molar refractivity (Wildman–Crippen MR) is 114 cm³/mol. The Morgan fingerprint density at radius 3 is 2.79 bits per heavy atom. The maximum Gasteiger partial charge on any atom is 0.265 e. The van der Waals surface area contributed by atoms with Gasteiger partial charge in [-0.1, -0.05) is 0 Å². The van der Waals surface area contributed by atoms with E-state index in [2.05, 4.69) is 25.1 Å². The fourth-order valence-corrected chi connectivity index (χ4v) is 4.65. The summed E-state index contributed by atoms with van der Waals surface area (Å²) in [4.78, 5) is 19.7. The molecule has 5 heterocycles. The molecule has 5 rings (SSSR count). The molecule has 29 heavy (non-hydrogen) atoms. The zero-order chi connectivity index (χ0) is 18.2. The Morgan fingerprint density at radius 2 is 2.03 bits per heavy atom. The molecular weight excluding hydrogens is 435 g/mol. The molecule has 1 amide bonds. The first-order chi connectivity index (χ1) is 13.3. The molecule has 11 heteroatoms.